The van der Waals surface area contributed by atoms with Crippen molar-refractivity contribution < 1.29 is 4.79 Å². The summed E-state index contributed by atoms with van der Waals surface area (Å²) in [5.41, 5.74) is 0.438. The highest BCUT2D eigenvalue weighted by Gasteiger charge is 2.30. The van der Waals surface area contributed by atoms with Crippen molar-refractivity contribution in [2.45, 2.75) is 43.1 Å². The number of hydrogen-bond acceptors (Lipinski definition) is 4. The number of nitrogens with one attached hydrogen (secondary N) is 1. The van der Waals surface area contributed by atoms with Crippen LogP contribution in [0.1, 0.15) is 31.6 Å². The molecule has 1 aromatic carbocycles. The first-order valence-electron chi connectivity index (χ1n) is 7.30. The van der Waals surface area contributed by atoms with Gasteiger partial charge in [-0.2, -0.15) is 0 Å². The molecule has 1 aliphatic rings. The minimum absolute atomic E-state index is 0.173. The maximum Gasteiger partial charge on any atom is 0.237 e. The van der Waals surface area contributed by atoms with Crippen LogP contribution in [-0.4, -0.2) is 25.9 Å². The van der Waals surface area contributed by atoms with E-state index in [1.807, 2.05) is 13.8 Å². The fourth-order valence-corrected chi connectivity index (χ4v) is 3.69. The molecule has 1 amide bonds. The van der Waals surface area contributed by atoms with Gasteiger partial charge in [-0.05, 0) is 38.8 Å². The van der Waals surface area contributed by atoms with E-state index in [0.29, 0.717) is 21.8 Å². The van der Waals surface area contributed by atoms with Gasteiger partial charge in [0.25, 0.3) is 0 Å². The molecule has 8 heteroatoms. The second kappa shape index (κ2) is 6.71. The summed E-state index contributed by atoms with van der Waals surface area (Å²) < 4.78 is 2.11. The number of aryl methyl sites for hydroxylation is 1. The Morgan fingerprint density at radius 2 is 2.00 bits per heavy atom. The van der Waals surface area contributed by atoms with Gasteiger partial charge in [0.1, 0.15) is 5.82 Å². The molecule has 122 valence electrons. The predicted octanol–water partition coefficient (Wildman–Crippen LogP) is 4.35. The molecule has 1 atom stereocenters. The van der Waals surface area contributed by atoms with Crippen LogP contribution in [0.5, 0.6) is 0 Å². The number of nitrogens with zero attached hydrogens (tertiary/aromatic N) is 3. The van der Waals surface area contributed by atoms with Crippen molar-refractivity contribution in [2.24, 2.45) is 0 Å². The zero-order valence-corrected chi connectivity index (χ0v) is 15.0. The monoisotopic (exact) mass is 370 g/mol. The summed E-state index contributed by atoms with van der Waals surface area (Å²) in [4.78, 5) is 12.4. The van der Waals surface area contributed by atoms with E-state index < -0.39 is 0 Å². The summed E-state index contributed by atoms with van der Waals surface area (Å²) in [5.74, 6) is 0.713. The number of carbonyl (C=O) groups excluding carboxylic acids is 1. The van der Waals surface area contributed by atoms with Crippen molar-refractivity contribution >= 4 is 46.6 Å². The summed E-state index contributed by atoms with van der Waals surface area (Å²) in [6.07, 6.45) is 2.28. The fourth-order valence-electron chi connectivity index (χ4n) is 2.24. The number of amides is 1. The number of halogens is 2. The Morgan fingerprint density at radius 1 is 1.35 bits per heavy atom. The third kappa shape index (κ3) is 3.65. The fraction of sp³-hybridized carbons (Fsp3) is 0.400. The van der Waals surface area contributed by atoms with E-state index in [-0.39, 0.29) is 11.2 Å². The van der Waals surface area contributed by atoms with Gasteiger partial charge in [-0.3, -0.25) is 4.79 Å². The molecular weight excluding hydrogens is 355 g/mol. The number of para-hydroxylation sites is 1. The van der Waals surface area contributed by atoms with Crippen LogP contribution < -0.4 is 5.32 Å². The lowest BCUT2D eigenvalue weighted by Gasteiger charge is -2.14. The molecule has 0 spiro atoms. The van der Waals surface area contributed by atoms with Crippen LogP contribution in [0, 0.1) is 6.92 Å². The Labute approximate surface area is 148 Å². The average molecular weight is 371 g/mol. The zero-order chi connectivity index (χ0) is 16.6. The molecular formula is C15H16Cl2N4OS. The average Bonchev–Trinajstić information content (AvgIpc) is 3.27. The van der Waals surface area contributed by atoms with Gasteiger partial charge < -0.3 is 9.88 Å². The normalized spacial score (nSPS) is 15.5. The van der Waals surface area contributed by atoms with Gasteiger partial charge in [0, 0.05) is 6.04 Å². The summed E-state index contributed by atoms with van der Waals surface area (Å²) in [6.45, 7) is 3.76. The number of hydrogen-bond donors (Lipinski definition) is 1. The van der Waals surface area contributed by atoms with Gasteiger partial charge in [-0.25, -0.2) is 0 Å². The number of carbonyl (C=O) groups is 1. The molecule has 1 aliphatic carbocycles. The molecule has 3 rings (SSSR count). The molecule has 1 N–H and O–H groups in total. The van der Waals surface area contributed by atoms with E-state index in [1.165, 1.54) is 11.8 Å². The van der Waals surface area contributed by atoms with E-state index in [2.05, 4.69) is 20.1 Å². The summed E-state index contributed by atoms with van der Waals surface area (Å²) in [6, 6.07) is 5.59. The largest absolute Gasteiger partial charge is 0.323 e. The Bertz CT molecular complexity index is 725. The van der Waals surface area contributed by atoms with Crippen molar-refractivity contribution in [2.75, 3.05) is 5.32 Å². The second-order valence-electron chi connectivity index (χ2n) is 5.48. The van der Waals surface area contributed by atoms with Gasteiger partial charge in [-0.1, -0.05) is 41.0 Å². The predicted molar refractivity (Wildman–Crippen MR) is 93.4 cm³/mol. The Hall–Kier alpha value is -1.24. The van der Waals surface area contributed by atoms with E-state index in [9.17, 15) is 4.79 Å². The summed E-state index contributed by atoms with van der Waals surface area (Å²) in [5, 5.41) is 12.4. The van der Waals surface area contributed by atoms with E-state index in [1.54, 1.807) is 18.2 Å². The third-order valence-electron chi connectivity index (χ3n) is 3.61. The van der Waals surface area contributed by atoms with Gasteiger partial charge in [0.2, 0.25) is 5.91 Å². The molecule has 1 heterocycles. The number of anilines is 1. The van der Waals surface area contributed by atoms with E-state index in [0.717, 1.165) is 23.8 Å². The second-order valence-corrected chi connectivity index (χ2v) is 7.60. The standard InChI is InChI=1S/C15H16Cl2N4OS/c1-8(14(22)18-13-11(16)4-3-5-12(13)17)23-15-20-19-9(2)21(15)10-6-7-10/h3-5,8,10H,6-7H2,1-2H3,(H,18,22)/t8-/m0/s1. The van der Waals surface area contributed by atoms with Gasteiger partial charge in [0.15, 0.2) is 5.16 Å². The molecule has 1 fully saturated rings. The molecule has 23 heavy (non-hydrogen) atoms. The lowest BCUT2D eigenvalue weighted by atomic mass is 10.3. The zero-order valence-electron chi connectivity index (χ0n) is 12.7. The topological polar surface area (TPSA) is 59.8 Å². The van der Waals surface area contributed by atoms with Crippen LogP contribution in [0.2, 0.25) is 10.0 Å². The van der Waals surface area contributed by atoms with Crippen molar-refractivity contribution in [1.29, 1.82) is 0 Å². The highest BCUT2D eigenvalue weighted by atomic mass is 35.5. The van der Waals surface area contributed by atoms with Crippen LogP contribution >= 0.6 is 35.0 Å². The highest BCUT2D eigenvalue weighted by molar-refractivity contribution is 8.00. The van der Waals surface area contributed by atoms with Crippen LogP contribution in [-0.2, 0) is 4.79 Å². The smallest absolute Gasteiger partial charge is 0.237 e. The minimum Gasteiger partial charge on any atom is -0.323 e. The van der Waals surface area contributed by atoms with Crippen LogP contribution in [0.25, 0.3) is 0 Å². The maximum atomic E-state index is 12.4. The lowest BCUT2D eigenvalue weighted by molar-refractivity contribution is -0.115. The van der Waals surface area contributed by atoms with Crippen LogP contribution in [0.3, 0.4) is 0 Å². The molecule has 1 aromatic heterocycles. The van der Waals surface area contributed by atoms with E-state index >= 15 is 0 Å². The molecule has 0 saturated heterocycles. The first-order valence-corrected chi connectivity index (χ1v) is 8.94. The number of aromatic nitrogens is 3. The minimum atomic E-state index is -0.344. The summed E-state index contributed by atoms with van der Waals surface area (Å²) in [7, 11) is 0. The van der Waals surface area contributed by atoms with Gasteiger partial charge in [0.05, 0.1) is 21.0 Å². The third-order valence-corrected chi connectivity index (χ3v) is 5.30. The van der Waals surface area contributed by atoms with Crippen molar-refractivity contribution in [3.8, 4) is 0 Å². The maximum absolute atomic E-state index is 12.4. The van der Waals surface area contributed by atoms with Crippen molar-refractivity contribution in [3.05, 3.63) is 34.1 Å². The van der Waals surface area contributed by atoms with Crippen molar-refractivity contribution in [1.82, 2.24) is 14.8 Å². The Kier molecular flexibility index (Phi) is 4.85. The first kappa shape index (κ1) is 16.6. The van der Waals surface area contributed by atoms with Crippen molar-refractivity contribution in [3.63, 3.8) is 0 Å². The molecule has 0 bridgehead atoms. The van der Waals surface area contributed by atoms with Crippen LogP contribution in [0.4, 0.5) is 5.69 Å². The molecule has 5 nitrogen and oxygen atoms in total. The lowest BCUT2D eigenvalue weighted by Crippen LogP contribution is -2.23. The Balaban J connectivity index is 1.71. The Morgan fingerprint density at radius 3 is 2.61 bits per heavy atom. The number of rotatable bonds is 5. The quantitative estimate of drug-likeness (QED) is 0.794. The van der Waals surface area contributed by atoms with Gasteiger partial charge in [-0.15, -0.1) is 10.2 Å². The first-order chi connectivity index (χ1) is 11.0. The molecule has 1 saturated carbocycles. The van der Waals surface area contributed by atoms with Gasteiger partial charge >= 0.3 is 0 Å². The molecule has 2 aromatic rings. The highest BCUT2D eigenvalue weighted by Crippen LogP contribution is 2.39. The SMILES string of the molecule is Cc1nnc(S[C@@H](C)C(=O)Nc2c(Cl)cccc2Cl)n1C1CC1. The van der Waals surface area contributed by atoms with Crippen LogP contribution in [0.15, 0.2) is 23.4 Å². The summed E-state index contributed by atoms with van der Waals surface area (Å²) >= 11 is 13.6. The molecule has 0 unspecified atom stereocenters. The van der Waals surface area contributed by atoms with E-state index in [4.69, 9.17) is 23.2 Å². The molecule has 0 aliphatic heterocycles. The number of benzene rings is 1. The number of thioether (sulfide) groups is 1. The molecule has 0 radical (unpaired) electrons.